The summed E-state index contributed by atoms with van der Waals surface area (Å²) in [6.45, 7) is 4.19. The van der Waals surface area contributed by atoms with Gasteiger partial charge in [0.15, 0.2) is 0 Å². The van der Waals surface area contributed by atoms with Crippen molar-refractivity contribution in [1.29, 1.82) is 0 Å². The molecule has 0 saturated heterocycles. The number of carbonyl (C=O) groups is 1. The van der Waals surface area contributed by atoms with Crippen LogP contribution in [0.4, 0.5) is 5.69 Å². The average Bonchev–Trinajstić information content (AvgIpc) is 3.05. The second kappa shape index (κ2) is 5.59. The van der Waals surface area contributed by atoms with E-state index >= 15 is 0 Å². The van der Waals surface area contributed by atoms with Crippen molar-refractivity contribution in [1.82, 2.24) is 0 Å². The molecule has 2 fully saturated rings. The van der Waals surface area contributed by atoms with Crippen molar-refractivity contribution in [3.05, 3.63) is 29.3 Å². The van der Waals surface area contributed by atoms with Crippen LogP contribution in [0, 0.1) is 31.6 Å². The third-order valence-electron chi connectivity index (χ3n) is 5.23. The quantitative estimate of drug-likeness (QED) is 0.845. The first-order chi connectivity index (χ1) is 9.66. The minimum atomic E-state index is 0.255. The predicted octanol–water partition coefficient (Wildman–Crippen LogP) is 4.46. The SMILES string of the molecule is Cc1ccc(NC(=O)C2[C@@H]3CCCCCC[C@@H]23)cc1C. The molecule has 0 radical (unpaired) electrons. The summed E-state index contributed by atoms with van der Waals surface area (Å²) in [7, 11) is 0. The lowest BCUT2D eigenvalue weighted by atomic mass is 10.0. The Bertz CT molecular complexity index is 494. The van der Waals surface area contributed by atoms with Gasteiger partial charge in [0.2, 0.25) is 5.91 Å². The molecule has 0 heterocycles. The van der Waals surface area contributed by atoms with E-state index < -0.39 is 0 Å². The highest BCUT2D eigenvalue weighted by molar-refractivity contribution is 5.95. The zero-order chi connectivity index (χ0) is 14.1. The monoisotopic (exact) mass is 271 g/mol. The molecule has 1 aromatic carbocycles. The van der Waals surface area contributed by atoms with Gasteiger partial charge in [0.05, 0.1) is 0 Å². The molecular weight excluding hydrogens is 246 g/mol. The van der Waals surface area contributed by atoms with E-state index in [4.69, 9.17) is 0 Å². The number of amides is 1. The van der Waals surface area contributed by atoms with Crippen molar-refractivity contribution in [2.24, 2.45) is 17.8 Å². The predicted molar refractivity (Wildman–Crippen MR) is 82.7 cm³/mol. The van der Waals surface area contributed by atoms with Crippen molar-refractivity contribution in [2.45, 2.75) is 52.4 Å². The summed E-state index contributed by atoms with van der Waals surface area (Å²) in [6.07, 6.45) is 7.86. The van der Waals surface area contributed by atoms with Crippen LogP contribution in [0.5, 0.6) is 0 Å². The Hall–Kier alpha value is -1.31. The van der Waals surface area contributed by atoms with Crippen LogP contribution in [0.15, 0.2) is 18.2 Å². The Labute approximate surface area is 122 Å². The van der Waals surface area contributed by atoms with Gasteiger partial charge in [0, 0.05) is 11.6 Å². The van der Waals surface area contributed by atoms with E-state index in [1.165, 1.54) is 49.7 Å². The lowest BCUT2D eigenvalue weighted by Crippen LogP contribution is -2.15. The molecule has 1 N–H and O–H groups in total. The first-order valence-electron chi connectivity index (χ1n) is 8.05. The van der Waals surface area contributed by atoms with E-state index in [9.17, 15) is 4.79 Å². The summed E-state index contributed by atoms with van der Waals surface area (Å²) in [5, 5.41) is 3.13. The van der Waals surface area contributed by atoms with E-state index in [1.807, 2.05) is 6.07 Å². The minimum absolute atomic E-state index is 0.255. The summed E-state index contributed by atoms with van der Waals surface area (Å²) in [4.78, 5) is 12.5. The highest BCUT2D eigenvalue weighted by Crippen LogP contribution is 2.53. The van der Waals surface area contributed by atoms with Crippen molar-refractivity contribution in [2.75, 3.05) is 5.32 Å². The van der Waals surface area contributed by atoms with Gasteiger partial charge in [-0.05, 0) is 61.8 Å². The Morgan fingerprint density at radius 2 is 1.65 bits per heavy atom. The molecule has 0 aliphatic heterocycles. The number of hydrogen-bond donors (Lipinski definition) is 1. The average molecular weight is 271 g/mol. The number of fused-ring (bicyclic) bond motifs is 1. The van der Waals surface area contributed by atoms with Crippen LogP contribution in [0.25, 0.3) is 0 Å². The number of benzene rings is 1. The number of nitrogens with one attached hydrogen (secondary N) is 1. The van der Waals surface area contributed by atoms with Crippen molar-refractivity contribution in [3.63, 3.8) is 0 Å². The Morgan fingerprint density at radius 3 is 2.25 bits per heavy atom. The number of carbonyl (C=O) groups excluding carboxylic acids is 1. The van der Waals surface area contributed by atoms with Crippen molar-refractivity contribution in [3.8, 4) is 0 Å². The van der Waals surface area contributed by atoms with Crippen molar-refractivity contribution >= 4 is 11.6 Å². The largest absolute Gasteiger partial charge is 0.326 e. The molecule has 0 unspecified atom stereocenters. The molecule has 2 nitrogen and oxygen atoms in total. The molecule has 1 amide bonds. The second-order valence-electron chi connectivity index (χ2n) is 6.63. The van der Waals surface area contributed by atoms with Gasteiger partial charge >= 0.3 is 0 Å². The van der Waals surface area contributed by atoms with Crippen LogP contribution in [0.3, 0.4) is 0 Å². The highest BCUT2D eigenvalue weighted by atomic mass is 16.2. The molecule has 2 aliphatic rings. The van der Waals surface area contributed by atoms with Gasteiger partial charge in [0.25, 0.3) is 0 Å². The fourth-order valence-electron chi connectivity index (χ4n) is 3.78. The molecule has 1 aromatic rings. The Kier molecular flexibility index (Phi) is 3.82. The number of aryl methyl sites for hydroxylation is 2. The van der Waals surface area contributed by atoms with E-state index in [2.05, 4.69) is 31.3 Å². The lowest BCUT2D eigenvalue weighted by molar-refractivity contribution is -0.117. The standard InChI is InChI=1S/C18H25NO/c1-12-9-10-14(11-13(12)2)19-18(20)17-15-7-5-3-4-6-8-16(15)17/h9-11,15-17H,3-8H2,1-2H3,(H,19,20)/t15-,16-/m1/s1. The maximum atomic E-state index is 12.5. The summed E-state index contributed by atoms with van der Waals surface area (Å²) in [6, 6.07) is 6.18. The normalized spacial score (nSPS) is 29.0. The van der Waals surface area contributed by atoms with Crippen LogP contribution in [-0.2, 0) is 4.79 Å². The summed E-state index contributed by atoms with van der Waals surface area (Å²) in [5.74, 6) is 1.88. The van der Waals surface area contributed by atoms with E-state index in [1.54, 1.807) is 0 Å². The molecule has 0 spiro atoms. The molecule has 0 bridgehead atoms. The van der Waals surface area contributed by atoms with Gasteiger partial charge < -0.3 is 5.32 Å². The lowest BCUT2D eigenvalue weighted by Gasteiger charge is -2.07. The first kappa shape index (κ1) is 13.7. The fraction of sp³-hybridized carbons (Fsp3) is 0.611. The topological polar surface area (TPSA) is 29.1 Å². The number of anilines is 1. The molecule has 2 aliphatic carbocycles. The maximum absolute atomic E-state index is 12.5. The van der Waals surface area contributed by atoms with E-state index in [-0.39, 0.29) is 11.8 Å². The second-order valence-corrected chi connectivity index (χ2v) is 6.63. The smallest absolute Gasteiger partial charge is 0.228 e. The van der Waals surface area contributed by atoms with Crippen LogP contribution in [-0.4, -0.2) is 5.91 Å². The molecule has 2 atom stereocenters. The van der Waals surface area contributed by atoms with E-state index in [0.29, 0.717) is 11.8 Å². The molecule has 3 rings (SSSR count). The first-order valence-corrected chi connectivity index (χ1v) is 8.05. The molecule has 2 heteroatoms. The van der Waals surface area contributed by atoms with Gasteiger partial charge in [-0.2, -0.15) is 0 Å². The Morgan fingerprint density at radius 1 is 1.00 bits per heavy atom. The number of rotatable bonds is 2. The van der Waals surface area contributed by atoms with Gasteiger partial charge in [0.1, 0.15) is 0 Å². The van der Waals surface area contributed by atoms with Crippen LogP contribution in [0.1, 0.15) is 49.7 Å². The molecule has 0 aromatic heterocycles. The Balaban J connectivity index is 1.63. The van der Waals surface area contributed by atoms with Crippen LogP contribution >= 0.6 is 0 Å². The third kappa shape index (κ3) is 2.74. The van der Waals surface area contributed by atoms with Crippen LogP contribution in [0.2, 0.25) is 0 Å². The van der Waals surface area contributed by atoms with Gasteiger partial charge in [-0.3, -0.25) is 4.79 Å². The third-order valence-corrected chi connectivity index (χ3v) is 5.23. The number of hydrogen-bond acceptors (Lipinski definition) is 1. The zero-order valence-electron chi connectivity index (χ0n) is 12.6. The summed E-state index contributed by atoms with van der Waals surface area (Å²) < 4.78 is 0. The van der Waals surface area contributed by atoms with Gasteiger partial charge in [-0.15, -0.1) is 0 Å². The summed E-state index contributed by atoms with van der Waals surface area (Å²) in [5.41, 5.74) is 3.47. The van der Waals surface area contributed by atoms with Gasteiger partial charge in [-0.25, -0.2) is 0 Å². The molecule has 20 heavy (non-hydrogen) atoms. The minimum Gasteiger partial charge on any atom is -0.326 e. The fourth-order valence-corrected chi connectivity index (χ4v) is 3.78. The van der Waals surface area contributed by atoms with E-state index in [0.717, 1.165) is 5.69 Å². The summed E-state index contributed by atoms with van der Waals surface area (Å²) >= 11 is 0. The van der Waals surface area contributed by atoms with Crippen LogP contribution < -0.4 is 5.32 Å². The zero-order valence-corrected chi connectivity index (χ0v) is 12.6. The van der Waals surface area contributed by atoms with Gasteiger partial charge in [-0.1, -0.05) is 31.7 Å². The molecular formula is C18H25NO. The van der Waals surface area contributed by atoms with Crippen molar-refractivity contribution < 1.29 is 4.79 Å². The molecule has 108 valence electrons. The maximum Gasteiger partial charge on any atom is 0.228 e. The molecule has 2 saturated carbocycles. The highest BCUT2D eigenvalue weighted by Gasteiger charge is 2.53.